The minimum atomic E-state index is -3.83. The van der Waals surface area contributed by atoms with Gasteiger partial charge in [0.05, 0.1) is 11.2 Å². The van der Waals surface area contributed by atoms with Crippen LogP contribution < -0.4 is 10.5 Å². The van der Waals surface area contributed by atoms with Crippen LogP contribution in [0.3, 0.4) is 0 Å². The SMILES string of the molecule is CC(C)(C)S(=O)(=O)N[C@@H](CC(N)=O)C(=O)O. The summed E-state index contributed by atoms with van der Waals surface area (Å²) in [5.41, 5.74) is 4.82. The van der Waals surface area contributed by atoms with E-state index in [1.807, 2.05) is 4.72 Å². The second-order valence-corrected chi connectivity index (χ2v) is 6.76. The molecule has 0 saturated carbocycles. The van der Waals surface area contributed by atoms with Crippen LogP contribution in [0, 0.1) is 0 Å². The predicted octanol–water partition coefficient (Wildman–Crippen LogP) is -0.967. The van der Waals surface area contributed by atoms with Crippen molar-refractivity contribution in [3.8, 4) is 0 Å². The minimum absolute atomic E-state index is 0.579. The zero-order chi connectivity index (χ0) is 13.1. The van der Waals surface area contributed by atoms with Gasteiger partial charge in [-0.1, -0.05) is 0 Å². The van der Waals surface area contributed by atoms with Gasteiger partial charge in [0, 0.05) is 0 Å². The Bertz CT molecular complexity index is 382. The summed E-state index contributed by atoms with van der Waals surface area (Å²) in [6, 6.07) is -1.53. The smallest absolute Gasteiger partial charge is 0.322 e. The largest absolute Gasteiger partial charge is 0.480 e. The third-order valence-electron chi connectivity index (χ3n) is 1.81. The fourth-order valence-electron chi connectivity index (χ4n) is 0.745. The van der Waals surface area contributed by atoms with Crippen molar-refractivity contribution in [2.24, 2.45) is 5.73 Å². The van der Waals surface area contributed by atoms with E-state index in [-0.39, 0.29) is 0 Å². The molecule has 1 atom stereocenters. The maximum Gasteiger partial charge on any atom is 0.322 e. The van der Waals surface area contributed by atoms with E-state index >= 15 is 0 Å². The molecule has 0 rings (SSSR count). The molecule has 8 heteroatoms. The molecule has 0 radical (unpaired) electrons. The first kappa shape index (κ1) is 14.8. The molecule has 4 N–H and O–H groups in total. The van der Waals surface area contributed by atoms with Crippen LogP contribution in [0.1, 0.15) is 27.2 Å². The number of primary amides is 1. The number of aliphatic carboxylic acids is 1. The summed E-state index contributed by atoms with van der Waals surface area (Å²) < 4.78 is 24.0. The highest BCUT2D eigenvalue weighted by Gasteiger charge is 2.34. The van der Waals surface area contributed by atoms with Crippen molar-refractivity contribution in [1.29, 1.82) is 0 Å². The van der Waals surface area contributed by atoms with Crippen LogP contribution in [0.4, 0.5) is 0 Å². The van der Waals surface area contributed by atoms with E-state index in [1.54, 1.807) is 0 Å². The lowest BCUT2D eigenvalue weighted by molar-refractivity contribution is -0.140. The molecular formula is C8H16N2O5S. The Morgan fingerprint density at radius 3 is 2.06 bits per heavy atom. The maximum absolute atomic E-state index is 11.6. The number of hydrogen-bond donors (Lipinski definition) is 3. The molecule has 1 amide bonds. The first-order chi connectivity index (χ1) is 6.97. The number of carbonyl (C=O) groups is 2. The number of hydrogen-bond acceptors (Lipinski definition) is 4. The summed E-state index contributed by atoms with van der Waals surface area (Å²) in [6.45, 7) is 4.25. The average molecular weight is 252 g/mol. The highest BCUT2D eigenvalue weighted by atomic mass is 32.2. The third-order valence-corrected chi connectivity index (χ3v) is 4.01. The van der Waals surface area contributed by atoms with Gasteiger partial charge >= 0.3 is 5.97 Å². The first-order valence-electron chi connectivity index (χ1n) is 4.50. The number of nitrogens with one attached hydrogen (secondary N) is 1. The Hall–Kier alpha value is -1.15. The summed E-state index contributed by atoms with van der Waals surface area (Å²) in [5.74, 6) is -2.32. The van der Waals surface area contributed by atoms with E-state index in [4.69, 9.17) is 10.8 Å². The second-order valence-electron chi connectivity index (χ2n) is 4.29. The first-order valence-corrected chi connectivity index (χ1v) is 5.98. The number of sulfonamides is 1. The fourth-order valence-corrected chi connectivity index (χ4v) is 1.66. The van der Waals surface area contributed by atoms with E-state index in [0.29, 0.717) is 0 Å². The van der Waals surface area contributed by atoms with Gasteiger partial charge in [-0.3, -0.25) is 9.59 Å². The van der Waals surface area contributed by atoms with Crippen molar-refractivity contribution in [2.45, 2.75) is 38.0 Å². The Balaban J connectivity index is 4.91. The van der Waals surface area contributed by atoms with Crippen molar-refractivity contribution in [3.63, 3.8) is 0 Å². The van der Waals surface area contributed by atoms with E-state index < -0.39 is 39.1 Å². The molecular weight excluding hydrogens is 236 g/mol. The van der Waals surface area contributed by atoms with Crippen molar-refractivity contribution >= 4 is 21.9 Å². The van der Waals surface area contributed by atoms with Crippen LogP contribution in [0.15, 0.2) is 0 Å². The highest BCUT2D eigenvalue weighted by Crippen LogP contribution is 2.14. The number of carboxylic acid groups (broad SMARTS) is 1. The van der Waals surface area contributed by atoms with E-state index in [2.05, 4.69) is 0 Å². The van der Waals surface area contributed by atoms with Crippen LogP contribution in [-0.4, -0.2) is 36.2 Å². The molecule has 0 spiro atoms. The monoisotopic (exact) mass is 252 g/mol. The van der Waals surface area contributed by atoms with Crippen LogP contribution in [0.25, 0.3) is 0 Å². The zero-order valence-corrected chi connectivity index (χ0v) is 10.2. The molecule has 16 heavy (non-hydrogen) atoms. The quantitative estimate of drug-likeness (QED) is 0.580. The van der Waals surface area contributed by atoms with Gasteiger partial charge in [0.2, 0.25) is 15.9 Å². The Morgan fingerprint density at radius 2 is 1.81 bits per heavy atom. The summed E-state index contributed by atoms with van der Waals surface area (Å²) in [6.07, 6.45) is -0.579. The second kappa shape index (κ2) is 4.79. The molecule has 0 aliphatic carbocycles. The van der Waals surface area contributed by atoms with Gasteiger partial charge in [0.15, 0.2) is 0 Å². The topological polar surface area (TPSA) is 127 Å². The lowest BCUT2D eigenvalue weighted by Crippen LogP contribution is -2.49. The van der Waals surface area contributed by atoms with Gasteiger partial charge in [-0.2, -0.15) is 4.72 Å². The molecule has 0 heterocycles. The summed E-state index contributed by atoms with van der Waals surface area (Å²) in [5, 5.41) is 8.72. The molecule has 0 aliphatic heterocycles. The zero-order valence-electron chi connectivity index (χ0n) is 9.35. The average Bonchev–Trinajstić information content (AvgIpc) is 1.98. The van der Waals surface area contributed by atoms with Gasteiger partial charge in [-0.25, -0.2) is 8.42 Å². The van der Waals surface area contributed by atoms with Gasteiger partial charge in [0.1, 0.15) is 6.04 Å². The third kappa shape index (κ3) is 4.15. The molecule has 0 unspecified atom stereocenters. The van der Waals surface area contributed by atoms with Crippen LogP contribution in [0.5, 0.6) is 0 Å². The number of nitrogens with two attached hydrogens (primary N) is 1. The van der Waals surface area contributed by atoms with Crippen LogP contribution in [-0.2, 0) is 19.6 Å². The van der Waals surface area contributed by atoms with Crippen molar-refractivity contribution in [1.82, 2.24) is 4.72 Å². The number of rotatable bonds is 5. The molecule has 7 nitrogen and oxygen atoms in total. The summed E-state index contributed by atoms with van der Waals surface area (Å²) >= 11 is 0. The molecule has 0 fully saturated rings. The molecule has 0 aromatic rings. The van der Waals surface area contributed by atoms with Crippen LogP contribution >= 0.6 is 0 Å². The Labute approximate surface area is 94.1 Å². The molecule has 0 saturated heterocycles. The van der Waals surface area contributed by atoms with Crippen LogP contribution in [0.2, 0.25) is 0 Å². The minimum Gasteiger partial charge on any atom is -0.480 e. The van der Waals surface area contributed by atoms with Crippen molar-refractivity contribution in [3.05, 3.63) is 0 Å². The maximum atomic E-state index is 11.6. The number of carbonyl (C=O) groups excluding carboxylic acids is 1. The molecule has 0 aromatic heterocycles. The highest BCUT2D eigenvalue weighted by molar-refractivity contribution is 7.90. The van der Waals surface area contributed by atoms with E-state index in [1.165, 1.54) is 20.8 Å². The lowest BCUT2D eigenvalue weighted by Gasteiger charge is -2.22. The van der Waals surface area contributed by atoms with Gasteiger partial charge in [0.25, 0.3) is 0 Å². The molecule has 0 aliphatic rings. The van der Waals surface area contributed by atoms with Crippen molar-refractivity contribution < 1.29 is 23.1 Å². The summed E-state index contributed by atoms with van der Waals surface area (Å²) in [4.78, 5) is 21.3. The number of carboxylic acids is 1. The van der Waals surface area contributed by atoms with Gasteiger partial charge in [-0.15, -0.1) is 0 Å². The Kier molecular flexibility index (Phi) is 4.45. The lowest BCUT2D eigenvalue weighted by atomic mass is 10.2. The summed E-state index contributed by atoms with van der Waals surface area (Å²) in [7, 11) is -3.83. The van der Waals surface area contributed by atoms with Gasteiger partial charge in [-0.05, 0) is 20.8 Å². The molecule has 0 bridgehead atoms. The fraction of sp³-hybridized carbons (Fsp3) is 0.750. The number of amides is 1. The molecule has 94 valence electrons. The van der Waals surface area contributed by atoms with E-state index in [0.717, 1.165) is 0 Å². The van der Waals surface area contributed by atoms with Crippen molar-refractivity contribution in [2.75, 3.05) is 0 Å². The Morgan fingerprint density at radius 1 is 1.38 bits per heavy atom. The molecule has 0 aromatic carbocycles. The van der Waals surface area contributed by atoms with Gasteiger partial charge < -0.3 is 10.8 Å². The van der Waals surface area contributed by atoms with E-state index in [9.17, 15) is 18.0 Å². The predicted molar refractivity (Wildman–Crippen MR) is 57.0 cm³/mol. The normalized spacial score (nSPS) is 14.4. The standard InChI is InChI=1S/C8H16N2O5S/c1-8(2,3)16(14,15)10-5(7(12)13)4-6(9)11/h5,10H,4H2,1-3H3,(H2,9,11)(H,12,13)/t5-/m0/s1.